The predicted molar refractivity (Wildman–Crippen MR) is 96.9 cm³/mol. The highest BCUT2D eigenvalue weighted by molar-refractivity contribution is 7.26. The fourth-order valence-electron chi connectivity index (χ4n) is 3.13. The number of nitrogens with zero attached hydrogens (tertiary/aromatic N) is 2. The second-order valence-corrected chi connectivity index (χ2v) is 6.90. The summed E-state index contributed by atoms with van der Waals surface area (Å²) in [7, 11) is 2.03. The van der Waals surface area contributed by atoms with Gasteiger partial charge in [-0.25, -0.2) is 13.8 Å². The van der Waals surface area contributed by atoms with Gasteiger partial charge in [-0.3, -0.25) is 0 Å². The molecule has 0 aliphatic heterocycles. The first-order valence-electron chi connectivity index (χ1n) is 7.58. The van der Waals surface area contributed by atoms with E-state index in [1.165, 1.54) is 17.2 Å². The zero-order valence-corrected chi connectivity index (χ0v) is 14.1. The number of benzene rings is 2. The molecule has 2 nitrogen and oxygen atoms in total. The highest BCUT2D eigenvalue weighted by Gasteiger charge is 2.19. The maximum Gasteiger partial charge on any atom is 0.223 e. The number of halogens is 1. The molecular weight excluding hydrogens is 319 g/mol. The first-order valence-corrected chi connectivity index (χ1v) is 8.39. The van der Waals surface area contributed by atoms with E-state index in [0.717, 1.165) is 25.9 Å². The molecule has 0 N–H and O–H groups in total. The summed E-state index contributed by atoms with van der Waals surface area (Å²) in [6.45, 7) is 9.21. The van der Waals surface area contributed by atoms with Gasteiger partial charge < -0.3 is 0 Å². The van der Waals surface area contributed by atoms with E-state index in [9.17, 15) is 4.39 Å². The largest absolute Gasteiger partial charge is 0.235 e. The van der Waals surface area contributed by atoms with Crippen LogP contribution in [0, 0.1) is 19.3 Å². The van der Waals surface area contributed by atoms with Crippen molar-refractivity contribution in [1.82, 2.24) is 0 Å². The average Bonchev–Trinajstić information content (AvgIpc) is 2.92. The van der Waals surface area contributed by atoms with Gasteiger partial charge in [0.1, 0.15) is 12.9 Å². The third kappa shape index (κ3) is 2.10. The first kappa shape index (κ1) is 14.8. The van der Waals surface area contributed by atoms with Crippen molar-refractivity contribution < 1.29 is 8.96 Å². The van der Waals surface area contributed by atoms with Gasteiger partial charge in [0, 0.05) is 32.3 Å². The van der Waals surface area contributed by atoms with E-state index in [1.807, 2.05) is 31.4 Å². The summed E-state index contributed by atoms with van der Waals surface area (Å²) >= 11 is 1.62. The molecular formula is C20H14FN2S+. The highest BCUT2D eigenvalue weighted by Crippen LogP contribution is 2.42. The van der Waals surface area contributed by atoms with Crippen molar-refractivity contribution in [3.8, 4) is 11.3 Å². The van der Waals surface area contributed by atoms with Crippen molar-refractivity contribution in [2.45, 2.75) is 6.92 Å². The Labute approximate surface area is 143 Å². The topological polar surface area (TPSA) is 8.24 Å². The molecule has 0 bridgehead atoms. The lowest BCUT2D eigenvalue weighted by Gasteiger charge is -2.06. The van der Waals surface area contributed by atoms with Crippen LogP contribution in [-0.2, 0) is 7.05 Å². The van der Waals surface area contributed by atoms with Gasteiger partial charge in [0.15, 0.2) is 6.20 Å². The second-order valence-electron chi connectivity index (χ2n) is 5.84. The van der Waals surface area contributed by atoms with E-state index in [4.69, 9.17) is 6.57 Å². The number of hydrogen-bond donors (Lipinski definition) is 0. The summed E-state index contributed by atoms with van der Waals surface area (Å²) in [6.07, 6.45) is 2.03. The summed E-state index contributed by atoms with van der Waals surface area (Å²) in [4.78, 5) is 3.28. The summed E-state index contributed by atoms with van der Waals surface area (Å²) in [5.41, 5.74) is 3.55. The van der Waals surface area contributed by atoms with Crippen molar-refractivity contribution in [1.29, 1.82) is 0 Å². The van der Waals surface area contributed by atoms with E-state index < -0.39 is 5.82 Å². The Kier molecular flexibility index (Phi) is 3.33. The molecule has 0 saturated carbocycles. The van der Waals surface area contributed by atoms with Crippen LogP contribution in [0.1, 0.15) is 5.56 Å². The maximum absolute atomic E-state index is 14.1. The van der Waals surface area contributed by atoms with Gasteiger partial charge >= 0.3 is 0 Å². The molecule has 0 unspecified atom stereocenters. The zero-order chi connectivity index (χ0) is 16.8. The van der Waals surface area contributed by atoms with Crippen molar-refractivity contribution in [3.05, 3.63) is 71.5 Å². The first-order chi connectivity index (χ1) is 11.6. The fraction of sp³-hybridized carbons (Fsp3) is 0.100. The number of aromatic nitrogens is 1. The second kappa shape index (κ2) is 5.40. The van der Waals surface area contributed by atoms with Crippen LogP contribution in [0.15, 0.2) is 48.7 Å². The fourth-order valence-corrected chi connectivity index (χ4v) is 4.46. The molecule has 2 aromatic carbocycles. The van der Waals surface area contributed by atoms with Gasteiger partial charge in [-0.15, -0.1) is 11.3 Å². The van der Waals surface area contributed by atoms with Crippen molar-refractivity contribution >= 4 is 37.2 Å². The monoisotopic (exact) mass is 333 g/mol. The zero-order valence-electron chi connectivity index (χ0n) is 13.3. The molecule has 0 aliphatic carbocycles. The van der Waals surface area contributed by atoms with Gasteiger partial charge in [-0.05, 0) is 30.7 Å². The molecule has 0 atom stereocenters. The molecule has 4 aromatic rings. The molecule has 0 fully saturated rings. The number of aryl methyl sites for hydroxylation is 2. The molecule has 4 heteroatoms. The van der Waals surface area contributed by atoms with Crippen molar-refractivity contribution in [2.75, 3.05) is 0 Å². The summed E-state index contributed by atoms with van der Waals surface area (Å²) in [5.74, 6) is -0.454. The highest BCUT2D eigenvalue weighted by atomic mass is 32.1. The van der Waals surface area contributed by atoms with Crippen LogP contribution in [0.3, 0.4) is 0 Å². The maximum atomic E-state index is 14.1. The summed E-state index contributed by atoms with van der Waals surface area (Å²) in [5, 5.41) is 1.91. The summed E-state index contributed by atoms with van der Waals surface area (Å²) in [6, 6.07) is 13.4. The van der Waals surface area contributed by atoms with Gasteiger partial charge in [0.25, 0.3) is 0 Å². The van der Waals surface area contributed by atoms with Gasteiger partial charge in [0.05, 0.1) is 12.1 Å². The average molecular weight is 333 g/mol. The van der Waals surface area contributed by atoms with Crippen LogP contribution in [0.5, 0.6) is 0 Å². The van der Waals surface area contributed by atoms with E-state index in [-0.39, 0.29) is 5.69 Å². The number of pyridine rings is 1. The Morgan fingerprint density at radius 2 is 1.96 bits per heavy atom. The van der Waals surface area contributed by atoms with Crippen LogP contribution in [0.4, 0.5) is 10.1 Å². The van der Waals surface area contributed by atoms with E-state index in [1.54, 1.807) is 17.4 Å². The van der Waals surface area contributed by atoms with Crippen molar-refractivity contribution in [3.63, 3.8) is 0 Å². The van der Waals surface area contributed by atoms with Gasteiger partial charge in [-0.1, -0.05) is 12.1 Å². The molecule has 2 aromatic heterocycles. The molecule has 24 heavy (non-hydrogen) atoms. The molecule has 0 aliphatic rings. The number of fused-ring (bicyclic) bond motifs is 3. The minimum atomic E-state index is -0.454. The molecule has 4 rings (SSSR count). The normalized spacial score (nSPS) is 11.1. The molecule has 0 radical (unpaired) electrons. The Morgan fingerprint density at radius 1 is 1.12 bits per heavy atom. The lowest BCUT2D eigenvalue weighted by molar-refractivity contribution is -0.660. The Balaban J connectivity index is 2.15. The lowest BCUT2D eigenvalue weighted by atomic mass is 10.0. The minimum Gasteiger partial charge on any atom is -0.235 e. The minimum absolute atomic E-state index is 0.0811. The van der Waals surface area contributed by atoms with Crippen LogP contribution < -0.4 is 4.57 Å². The van der Waals surface area contributed by atoms with Gasteiger partial charge in [-0.2, -0.15) is 0 Å². The Morgan fingerprint density at radius 3 is 2.71 bits per heavy atom. The van der Waals surface area contributed by atoms with E-state index in [2.05, 4.69) is 28.5 Å². The third-order valence-electron chi connectivity index (χ3n) is 4.35. The third-order valence-corrected chi connectivity index (χ3v) is 5.53. The van der Waals surface area contributed by atoms with Crippen molar-refractivity contribution in [2.24, 2.45) is 7.05 Å². The lowest BCUT2D eigenvalue weighted by Crippen LogP contribution is -2.30. The van der Waals surface area contributed by atoms with E-state index >= 15 is 0 Å². The predicted octanol–water partition coefficient (Wildman–Crippen LogP) is 5.54. The summed E-state index contributed by atoms with van der Waals surface area (Å²) < 4.78 is 18.3. The van der Waals surface area contributed by atoms with Crippen LogP contribution in [-0.4, -0.2) is 0 Å². The molecule has 0 amide bonds. The Bertz CT molecular complexity index is 1150. The molecule has 116 valence electrons. The van der Waals surface area contributed by atoms with Crippen LogP contribution in [0.2, 0.25) is 0 Å². The van der Waals surface area contributed by atoms with Crippen LogP contribution >= 0.6 is 11.3 Å². The number of rotatable bonds is 1. The van der Waals surface area contributed by atoms with Gasteiger partial charge in [0.2, 0.25) is 11.4 Å². The quantitative estimate of drug-likeness (QED) is 0.319. The van der Waals surface area contributed by atoms with E-state index in [0.29, 0.717) is 0 Å². The van der Waals surface area contributed by atoms with Crippen LogP contribution in [0.25, 0.3) is 36.3 Å². The number of hydrogen-bond acceptors (Lipinski definition) is 1. The SMILES string of the molecule is [C-]#[N+]c1cc2sc3c(-c4cccc[n+]4C)c(C)ccc3c2cc1F. The standard InChI is InChI=1S/C20H14FN2S/c1-12-7-8-13-14-10-15(21)16(22-2)11-18(14)24-20(13)19(12)17-6-4-5-9-23(17)3/h4-11H,1,3H3/q+1. The number of thiophene rings is 1. The Hall–Kier alpha value is -2.77. The molecule has 0 saturated heterocycles. The molecule has 0 spiro atoms. The smallest absolute Gasteiger partial charge is 0.223 e. The molecule has 2 heterocycles.